The van der Waals surface area contributed by atoms with Crippen molar-refractivity contribution in [1.82, 2.24) is 14.9 Å². The predicted octanol–water partition coefficient (Wildman–Crippen LogP) is 4.30. The number of nitrogens with two attached hydrogens (primary N) is 1. The number of fused-ring (bicyclic) bond motifs is 1. The largest absolute Gasteiger partial charge is 0.453 e. The number of rotatable bonds is 16. The number of nitrogens with zero attached hydrogens (tertiary/aromatic N) is 1. The van der Waals surface area contributed by atoms with Gasteiger partial charge in [-0.2, -0.15) is 4.31 Å². The predicted molar refractivity (Wildman–Crippen MR) is 178 cm³/mol. The topological polar surface area (TPSA) is 159 Å². The van der Waals surface area contributed by atoms with Crippen molar-refractivity contribution in [2.24, 2.45) is 23.2 Å². The lowest BCUT2D eigenvalue weighted by Gasteiger charge is -2.30. The second kappa shape index (κ2) is 15.0. The van der Waals surface area contributed by atoms with Crippen molar-refractivity contribution in [3.8, 4) is 0 Å². The van der Waals surface area contributed by atoms with Crippen LogP contribution in [0.1, 0.15) is 50.5 Å². The van der Waals surface area contributed by atoms with Gasteiger partial charge in [0.25, 0.3) is 0 Å². The first-order valence-electron chi connectivity index (χ1n) is 17.1. The monoisotopic (exact) mass is 684 g/mol. The standard InChI is InChI=1S/C35H48N4O8S/c1-44-33(40)37-17-6-5-14-35(15-16-35)23-39(48(42,43)28-11-9-26(36)10-12-28)18-13-27(19-24-7-3-2-4-8-24)38-34(41)47-31-25-20-29-30(31)22-46-32(29)45-21-25/h2-4,7-12,25,27,29-32H,5-6,13-23,36H2,1H3,(H,37,40)(H,38,41)/t25-,27-,29?,30?,31?,32?/m1/s1. The van der Waals surface area contributed by atoms with Gasteiger partial charge in [-0.3, -0.25) is 0 Å². The molecule has 4 aliphatic rings. The van der Waals surface area contributed by atoms with Crippen LogP contribution in [0.25, 0.3) is 0 Å². The second-order valence-corrected chi connectivity index (χ2v) is 15.8. The van der Waals surface area contributed by atoms with Crippen LogP contribution in [0.5, 0.6) is 0 Å². The molecular formula is C35H48N4O8S. The van der Waals surface area contributed by atoms with Crippen LogP contribution in [0.3, 0.4) is 0 Å². The van der Waals surface area contributed by atoms with Gasteiger partial charge in [-0.25, -0.2) is 18.0 Å². The average molecular weight is 685 g/mol. The molecule has 2 saturated heterocycles. The van der Waals surface area contributed by atoms with Gasteiger partial charge in [0.05, 0.1) is 25.2 Å². The van der Waals surface area contributed by atoms with Gasteiger partial charge in [0.1, 0.15) is 6.10 Å². The Balaban J connectivity index is 1.14. The molecule has 12 nitrogen and oxygen atoms in total. The third-order valence-corrected chi connectivity index (χ3v) is 12.3. The summed E-state index contributed by atoms with van der Waals surface area (Å²) in [5.41, 5.74) is 7.28. The molecule has 2 bridgehead atoms. The summed E-state index contributed by atoms with van der Waals surface area (Å²) in [6.45, 7) is 2.14. The van der Waals surface area contributed by atoms with E-state index < -0.39 is 22.2 Å². The lowest BCUT2D eigenvalue weighted by Crippen LogP contribution is -2.44. The lowest BCUT2D eigenvalue weighted by atomic mass is 9.98. The fraction of sp³-hybridized carbons (Fsp3) is 0.600. The van der Waals surface area contributed by atoms with Gasteiger partial charge < -0.3 is 35.3 Å². The number of alkyl carbamates (subject to hydrolysis) is 2. The van der Waals surface area contributed by atoms with Crippen LogP contribution in [-0.2, 0) is 35.4 Å². The zero-order valence-corrected chi connectivity index (χ0v) is 28.4. The van der Waals surface area contributed by atoms with E-state index in [1.807, 2.05) is 30.3 Å². The van der Waals surface area contributed by atoms with E-state index in [0.29, 0.717) is 44.8 Å². The van der Waals surface area contributed by atoms with Crippen LogP contribution in [0.2, 0.25) is 0 Å². The number of nitrogen functional groups attached to an aromatic ring is 1. The number of hydrogen-bond acceptors (Lipinski definition) is 9. The third kappa shape index (κ3) is 8.24. The van der Waals surface area contributed by atoms with Crippen molar-refractivity contribution in [3.05, 3.63) is 60.2 Å². The van der Waals surface area contributed by atoms with Crippen LogP contribution in [0.15, 0.2) is 59.5 Å². The van der Waals surface area contributed by atoms with Crippen LogP contribution in [0.4, 0.5) is 15.3 Å². The third-order valence-electron chi connectivity index (χ3n) is 10.5. The zero-order valence-electron chi connectivity index (χ0n) is 27.6. The molecule has 2 aromatic rings. The number of anilines is 1. The molecule has 2 heterocycles. The molecule has 2 saturated carbocycles. The Morgan fingerprint density at radius 1 is 1.02 bits per heavy atom. The van der Waals surface area contributed by atoms with Crippen molar-refractivity contribution in [3.63, 3.8) is 0 Å². The molecule has 2 amide bonds. The molecule has 0 radical (unpaired) electrons. The number of ether oxygens (including phenoxy) is 4. The SMILES string of the molecule is COC(=O)NCCCCC1(CN(CC[C@H](Cc2ccccc2)NC(=O)OC2C3COC4OC[C@H]2CC43)S(=O)(=O)c2ccc(N)cc2)CC1. The maximum absolute atomic E-state index is 14.1. The van der Waals surface area contributed by atoms with Gasteiger partial charge in [0.2, 0.25) is 10.0 Å². The number of carbonyl (C=O) groups is 2. The Bertz CT molecular complexity index is 1500. The highest BCUT2D eigenvalue weighted by Crippen LogP contribution is 2.51. The number of methoxy groups -OCH3 is 1. The van der Waals surface area contributed by atoms with E-state index in [9.17, 15) is 18.0 Å². The molecule has 2 aliphatic heterocycles. The minimum absolute atomic E-state index is 0.128. The molecule has 2 aromatic carbocycles. The summed E-state index contributed by atoms with van der Waals surface area (Å²) in [6, 6.07) is 15.8. The molecular weight excluding hydrogens is 636 g/mol. The van der Waals surface area contributed by atoms with Gasteiger partial charge >= 0.3 is 12.2 Å². The number of nitrogens with one attached hydrogen (secondary N) is 2. The Hall–Kier alpha value is -3.39. The quantitative estimate of drug-likeness (QED) is 0.173. The first kappa shape index (κ1) is 34.5. The maximum Gasteiger partial charge on any atom is 0.407 e. The van der Waals surface area contributed by atoms with E-state index in [1.54, 1.807) is 28.6 Å². The summed E-state index contributed by atoms with van der Waals surface area (Å²) in [7, 11) is -2.52. The van der Waals surface area contributed by atoms with Gasteiger partial charge in [0.15, 0.2) is 6.29 Å². The normalized spacial score (nSPS) is 25.8. The number of unbranched alkanes of at least 4 members (excludes halogenated alkanes) is 1. The fourth-order valence-corrected chi connectivity index (χ4v) is 9.16. The average Bonchev–Trinajstić information content (AvgIpc) is 3.62. The Morgan fingerprint density at radius 3 is 2.50 bits per heavy atom. The van der Waals surface area contributed by atoms with Crippen LogP contribution < -0.4 is 16.4 Å². The number of carbonyl (C=O) groups excluding carboxylic acids is 2. The van der Waals surface area contributed by atoms with Gasteiger partial charge in [0, 0.05) is 49.1 Å². The highest BCUT2D eigenvalue weighted by molar-refractivity contribution is 7.89. The summed E-state index contributed by atoms with van der Waals surface area (Å²) in [5, 5.41) is 5.80. The highest BCUT2D eigenvalue weighted by Gasteiger charge is 2.56. The number of sulfonamides is 1. The van der Waals surface area contributed by atoms with E-state index in [2.05, 4.69) is 15.4 Å². The van der Waals surface area contributed by atoms with Crippen LogP contribution in [-0.4, -0.2) is 83.3 Å². The van der Waals surface area contributed by atoms with Gasteiger partial charge in [-0.1, -0.05) is 36.8 Å². The number of benzene rings is 2. The first-order valence-corrected chi connectivity index (χ1v) is 18.5. The number of amides is 2. The van der Waals surface area contributed by atoms with Gasteiger partial charge in [-0.15, -0.1) is 0 Å². The first-order chi connectivity index (χ1) is 23.2. The summed E-state index contributed by atoms with van der Waals surface area (Å²) in [4.78, 5) is 25.0. The molecule has 4 fully saturated rings. The van der Waals surface area contributed by atoms with Crippen molar-refractivity contribution < 1.29 is 37.0 Å². The van der Waals surface area contributed by atoms with E-state index in [-0.39, 0.29) is 53.0 Å². The van der Waals surface area contributed by atoms with Crippen molar-refractivity contribution in [2.45, 2.75) is 74.7 Å². The van der Waals surface area contributed by atoms with E-state index in [1.165, 1.54) is 7.11 Å². The van der Waals surface area contributed by atoms with E-state index >= 15 is 0 Å². The maximum atomic E-state index is 14.1. The van der Waals surface area contributed by atoms with Gasteiger partial charge in [-0.05, 0) is 80.2 Å². The highest BCUT2D eigenvalue weighted by atomic mass is 32.2. The molecule has 4 N–H and O–H groups in total. The summed E-state index contributed by atoms with van der Waals surface area (Å²) in [5.74, 6) is 0.546. The lowest BCUT2D eigenvalue weighted by molar-refractivity contribution is -0.169. The molecule has 262 valence electrons. The Kier molecular flexibility index (Phi) is 10.8. The Labute approximate surface area is 283 Å². The number of hydrogen-bond donors (Lipinski definition) is 3. The van der Waals surface area contributed by atoms with Crippen LogP contribution >= 0.6 is 0 Å². The fourth-order valence-electron chi connectivity index (χ4n) is 7.60. The zero-order chi connectivity index (χ0) is 33.7. The smallest absolute Gasteiger partial charge is 0.407 e. The molecule has 6 atom stereocenters. The molecule has 0 aromatic heterocycles. The Morgan fingerprint density at radius 2 is 1.77 bits per heavy atom. The molecule has 6 rings (SSSR count). The molecule has 2 aliphatic carbocycles. The van der Waals surface area contributed by atoms with E-state index in [4.69, 9.17) is 19.9 Å². The van der Waals surface area contributed by atoms with Crippen LogP contribution in [0, 0.1) is 23.2 Å². The van der Waals surface area contributed by atoms with Crippen molar-refractivity contribution >= 4 is 27.9 Å². The molecule has 48 heavy (non-hydrogen) atoms. The van der Waals surface area contributed by atoms with Crippen molar-refractivity contribution in [2.75, 3.05) is 45.7 Å². The molecule has 4 unspecified atom stereocenters. The van der Waals surface area contributed by atoms with E-state index in [0.717, 1.165) is 44.1 Å². The molecule has 0 spiro atoms. The summed E-state index contributed by atoms with van der Waals surface area (Å²) < 4.78 is 52.2. The minimum Gasteiger partial charge on any atom is -0.453 e. The summed E-state index contributed by atoms with van der Waals surface area (Å²) >= 11 is 0. The molecule has 13 heteroatoms. The summed E-state index contributed by atoms with van der Waals surface area (Å²) in [6.07, 6.45) is 4.77. The second-order valence-electron chi connectivity index (χ2n) is 13.8. The van der Waals surface area contributed by atoms with Crippen molar-refractivity contribution in [1.29, 1.82) is 0 Å². The minimum atomic E-state index is -3.86.